The second kappa shape index (κ2) is 13.0. The number of imide groups is 2. The molecule has 14 nitrogen and oxygen atoms in total. The zero-order valence-electron chi connectivity index (χ0n) is 29.4. The Morgan fingerprint density at radius 3 is 1.46 bits per heavy atom. The van der Waals surface area contributed by atoms with E-state index in [4.69, 9.17) is 8.57 Å². The van der Waals surface area contributed by atoms with Crippen molar-refractivity contribution in [3.8, 4) is 11.1 Å². The van der Waals surface area contributed by atoms with E-state index in [0.29, 0.717) is 13.1 Å². The van der Waals surface area contributed by atoms with E-state index >= 15 is 0 Å². The molecule has 0 spiro atoms. The normalized spacial score (nSPS) is 15.0. The van der Waals surface area contributed by atoms with Crippen LogP contribution in [0.3, 0.4) is 0 Å². The number of carbonyl (C=O) groups is 4. The average molecular weight is 751 g/mol. The molecule has 2 aliphatic rings. The van der Waals surface area contributed by atoms with Gasteiger partial charge in [0.15, 0.2) is 0 Å². The van der Waals surface area contributed by atoms with Gasteiger partial charge in [0.25, 0.3) is 23.6 Å². The quantitative estimate of drug-likeness (QED) is 0.124. The molecule has 1 N–H and O–H groups in total. The lowest BCUT2D eigenvalue weighted by molar-refractivity contribution is -1.06. The van der Waals surface area contributed by atoms with Gasteiger partial charge in [0.05, 0.1) is 5.69 Å². The van der Waals surface area contributed by atoms with E-state index in [-0.39, 0.29) is 77.1 Å². The monoisotopic (exact) mass is 750 g/mol. The molecular formula is C36H38N4O10S2+2. The van der Waals surface area contributed by atoms with Gasteiger partial charge in [-0.1, -0.05) is 32.8 Å². The lowest BCUT2D eigenvalue weighted by Gasteiger charge is -2.30. The molecule has 2 aliphatic heterocycles. The van der Waals surface area contributed by atoms with E-state index in [9.17, 15) is 36.0 Å². The number of hydrogen-bond donors (Lipinski definition) is 1. The van der Waals surface area contributed by atoms with E-state index in [0.717, 1.165) is 11.0 Å². The number of hydrogen-bond acceptors (Lipinski definition) is 10. The van der Waals surface area contributed by atoms with Crippen molar-refractivity contribution < 1.29 is 53.9 Å². The van der Waals surface area contributed by atoms with Crippen molar-refractivity contribution in [1.29, 1.82) is 0 Å². The van der Waals surface area contributed by atoms with Crippen LogP contribution in [0.25, 0.3) is 21.9 Å². The molecule has 0 saturated carbocycles. The Balaban J connectivity index is 1.56. The van der Waals surface area contributed by atoms with Crippen LogP contribution in [0, 0.1) is 0 Å². The lowest BCUT2D eigenvalue weighted by Crippen LogP contribution is -2.45. The molecule has 2 heterocycles. The highest BCUT2D eigenvalue weighted by Crippen LogP contribution is 2.41. The van der Waals surface area contributed by atoms with Crippen LogP contribution in [0.5, 0.6) is 0 Å². The van der Waals surface area contributed by atoms with E-state index < -0.39 is 48.8 Å². The lowest BCUT2D eigenvalue weighted by atomic mass is 9.86. The Hall–Kier alpha value is -4.84. The Morgan fingerprint density at radius 2 is 0.962 bits per heavy atom. The standard InChI is InChI=1S/C36H37N4O10S2/c1-7-39(5,8-2)49-51(45,46)29-14-12-11-13-23(29)24-16-15-22(21-30(24)52(47,48)50-40(6,9-3)10-4)38-35(43)27-19-17-25-31-26(34(42)37-33(25)41)18-20-28(32(27)31)36(38)44/h11-21H,7-10H2,1-6H3/q+1/p+1. The maximum atomic E-state index is 14.3. The van der Waals surface area contributed by atoms with Crippen LogP contribution in [0.15, 0.2) is 76.5 Å². The highest BCUT2D eigenvalue weighted by atomic mass is 32.2. The number of nitrogens with one attached hydrogen (secondary N) is 1. The van der Waals surface area contributed by atoms with Gasteiger partial charge in [-0.05, 0) is 70.2 Å². The third-order valence-electron chi connectivity index (χ3n) is 9.92. The van der Waals surface area contributed by atoms with Crippen molar-refractivity contribution in [1.82, 2.24) is 5.32 Å². The highest BCUT2D eigenvalue weighted by molar-refractivity contribution is 7.87. The molecule has 0 atom stereocenters. The molecular weight excluding hydrogens is 713 g/mol. The Morgan fingerprint density at radius 1 is 0.558 bits per heavy atom. The summed E-state index contributed by atoms with van der Waals surface area (Å²) in [7, 11) is -6.05. The molecule has 0 saturated heterocycles. The number of benzene rings is 4. The topological polar surface area (TPSA) is 170 Å². The maximum absolute atomic E-state index is 14.3. The zero-order valence-corrected chi connectivity index (χ0v) is 31.1. The SMILES string of the molecule is CC[N+](C)(CC)OS(=O)(=O)c1ccccc1-c1ccc(N2C(=O)c3ccc4c5c(ccc(c35)C2=O)C(=O)NC4=O)cc1S(=O)(=O)O[N+](C)(CC)CC. The summed E-state index contributed by atoms with van der Waals surface area (Å²) in [6.07, 6.45) is 0. The summed E-state index contributed by atoms with van der Waals surface area (Å²) in [5.74, 6) is -2.99. The van der Waals surface area contributed by atoms with Crippen LogP contribution >= 0.6 is 0 Å². The first-order chi connectivity index (χ1) is 24.4. The minimum absolute atomic E-state index is 0.0129. The molecule has 0 unspecified atom stereocenters. The van der Waals surface area contributed by atoms with Crippen molar-refractivity contribution >= 4 is 60.3 Å². The first-order valence-electron chi connectivity index (χ1n) is 16.6. The number of hydroxylamine groups is 6. The van der Waals surface area contributed by atoms with Crippen LogP contribution in [0.1, 0.15) is 69.1 Å². The van der Waals surface area contributed by atoms with Crippen molar-refractivity contribution in [2.45, 2.75) is 37.5 Å². The molecule has 16 heteroatoms. The highest BCUT2D eigenvalue weighted by Gasteiger charge is 2.40. The summed E-state index contributed by atoms with van der Waals surface area (Å²) in [4.78, 5) is 53.6. The van der Waals surface area contributed by atoms with Gasteiger partial charge in [-0.25, -0.2) is 4.90 Å². The average Bonchev–Trinajstić information content (AvgIpc) is 3.12. The minimum Gasteiger partial charge on any atom is -0.288 e. The molecule has 0 bridgehead atoms. The summed E-state index contributed by atoms with van der Waals surface area (Å²) < 4.78 is 66.9. The Labute approximate surface area is 301 Å². The summed E-state index contributed by atoms with van der Waals surface area (Å²) in [6.45, 7) is 8.17. The van der Waals surface area contributed by atoms with Crippen LogP contribution in [0.2, 0.25) is 0 Å². The fourth-order valence-electron chi connectivity index (χ4n) is 6.23. The van der Waals surface area contributed by atoms with Crippen LogP contribution in [0.4, 0.5) is 5.69 Å². The van der Waals surface area contributed by atoms with E-state index in [1.165, 1.54) is 54.6 Å². The van der Waals surface area contributed by atoms with Gasteiger partial charge in [-0.3, -0.25) is 24.5 Å². The van der Waals surface area contributed by atoms with Gasteiger partial charge >= 0.3 is 20.2 Å². The van der Waals surface area contributed by atoms with Crippen LogP contribution < -0.4 is 10.2 Å². The third kappa shape index (κ3) is 6.00. The Bertz CT molecular complexity index is 2370. The predicted molar refractivity (Wildman–Crippen MR) is 190 cm³/mol. The number of amides is 4. The van der Waals surface area contributed by atoms with Crippen molar-refractivity contribution in [2.75, 3.05) is 45.2 Å². The second-order valence-corrected chi connectivity index (χ2v) is 15.9. The Kier molecular flexibility index (Phi) is 9.22. The molecule has 52 heavy (non-hydrogen) atoms. The van der Waals surface area contributed by atoms with Gasteiger partial charge in [0, 0.05) is 44.2 Å². The largest absolute Gasteiger partial charge is 0.343 e. The fraction of sp³-hybridized carbons (Fsp3) is 0.278. The number of nitrogens with zero attached hydrogens (tertiary/aromatic N) is 3. The third-order valence-corrected chi connectivity index (χ3v) is 12.8. The number of anilines is 1. The number of rotatable bonds is 12. The first kappa shape index (κ1) is 36.9. The number of carbonyl (C=O) groups excluding carboxylic acids is 4. The molecule has 4 amide bonds. The van der Waals surface area contributed by atoms with Crippen LogP contribution in [-0.2, 0) is 28.8 Å². The van der Waals surface area contributed by atoms with E-state index in [1.54, 1.807) is 47.9 Å². The van der Waals surface area contributed by atoms with E-state index in [1.807, 2.05) is 0 Å². The van der Waals surface area contributed by atoms with Crippen molar-refractivity contribution in [3.05, 3.63) is 89.0 Å². The van der Waals surface area contributed by atoms with Crippen molar-refractivity contribution in [2.24, 2.45) is 0 Å². The van der Waals surface area contributed by atoms with Gasteiger partial charge in [-0.2, -0.15) is 26.1 Å². The summed E-state index contributed by atoms with van der Waals surface area (Å²) >= 11 is 0. The molecule has 0 aliphatic carbocycles. The molecule has 6 rings (SSSR count). The maximum Gasteiger partial charge on any atom is 0.343 e. The van der Waals surface area contributed by atoms with Crippen molar-refractivity contribution in [3.63, 3.8) is 0 Å². The summed E-state index contributed by atoms with van der Waals surface area (Å²) in [6, 6.07) is 15.1. The molecule has 4 aromatic rings. The molecule has 272 valence electrons. The first-order valence-corrected chi connectivity index (χ1v) is 19.5. The second-order valence-electron chi connectivity index (χ2n) is 12.9. The zero-order chi connectivity index (χ0) is 38.0. The van der Waals surface area contributed by atoms with E-state index in [2.05, 4.69) is 5.32 Å². The minimum atomic E-state index is -4.74. The van der Waals surface area contributed by atoms with Gasteiger partial charge in [-0.15, -0.1) is 0 Å². The van der Waals surface area contributed by atoms with Gasteiger partial charge in [0.2, 0.25) is 0 Å². The summed E-state index contributed by atoms with van der Waals surface area (Å²) in [5, 5.41) is 2.56. The smallest absolute Gasteiger partial charge is 0.288 e. The van der Waals surface area contributed by atoms with Gasteiger partial charge < -0.3 is 0 Å². The predicted octanol–water partition coefficient (Wildman–Crippen LogP) is 4.40. The number of quaternary nitrogens is 2. The molecule has 0 radical (unpaired) electrons. The van der Waals surface area contributed by atoms with Crippen LogP contribution in [-0.4, -0.2) is 90.0 Å². The van der Waals surface area contributed by atoms with Gasteiger partial charge in [0.1, 0.15) is 50.1 Å². The fourth-order valence-corrected chi connectivity index (χ4v) is 9.17. The molecule has 4 aromatic carbocycles. The summed E-state index contributed by atoms with van der Waals surface area (Å²) in [5.41, 5.74) is 0.0571. The molecule has 0 fully saturated rings. The molecule has 0 aromatic heterocycles.